The first-order chi connectivity index (χ1) is 10.6. The zero-order chi connectivity index (χ0) is 17.0. The van der Waals surface area contributed by atoms with Gasteiger partial charge in [0.05, 0.1) is 19.5 Å². The zero-order valence-electron chi connectivity index (χ0n) is 13.8. The summed E-state index contributed by atoms with van der Waals surface area (Å²) in [6.45, 7) is 9.24. The number of ether oxygens (including phenoxy) is 1. The van der Waals surface area contributed by atoms with Crippen LogP contribution in [0.4, 0.5) is 9.18 Å². The van der Waals surface area contributed by atoms with Crippen LogP contribution in [0.5, 0.6) is 0 Å². The Labute approximate surface area is 132 Å². The van der Waals surface area contributed by atoms with Gasteiger partial charge in [-0.1, -0.05) is 18.7 Å². The first-order valence-electron chi connectivity index (χ1n) is 7.40. The molecule has 1 aliphatic rings. The number of carbonyl (C=O) groups is 1. The summed E-state index contributed by atoms with van der Waals surface area (Å²) in [5.41, 5.74) is 7.60. The summed E-state index contributed by atoms with van der Waals surface area (Å²) in [4.78, 5) is 13.3. The van der Waals surface area contributed by atoms with E-state index in [9.17, 15) is 9.18 Å². The van der Waals surface area contributed by atoms with E-state index in [2.05, 4.69) is 11.9 Å². The van der Waals surface area contributed by atoms with Crippen molar-refractivity contribution in [3.05, 3.63) is 36.2 Å². The fraction of sp³-hybridized carbons (Fsp3) is 0.562. The highest BCUT2D eigenvalue weighted by Crippen LogP contribution is 2.13. The first-order valence-corrected chi connectivity index (χ1v) is 7.40. The Kier molecular flexibility index (Phi) is 10.6. The number of hydrogen-bond acceptors (Lipinski definition) is 4. The molecule has 1 rings (SSSR count). The van der Waals surface area contributed by atoms with Crippen LogP contribution in [-0.4, -0.2) is 43.9 Å². The van der Waals surface area contributed by atoms with E-state index in [0.717, 1.165) is 18.5 Å². The van der Waals surface area contributed by atoms with Crippen molar-refractivity contribution in [1.29, 1.82) is 0 Å². The minimum Gasteiger partial charge on any atom is -0.450 e. The highest BCUT2D eigenvalue weighted by atomic mass is 19.1. The Morgan fingerprint density at radius 3 is 2.55 bits per heavy atom. The van der Waals surface area contributed by atoms with E-state index in [1.807, 2.05) is 26.0 Å². The summed E-state index contributed by atoms with van der Waals surface area (Å²) >= 11 is 0. The van der Waals surface area contributed by atoms with Gasteiger partial charge in [-0.2, -0.15) is 0 Å². The Balaban J connectivity index is 0.00000211. The van der Waals surface area contributed by atoms with Crippen LogP contribution in [0.1, 0.15) is 26.7 Å². The first kappa shape index (κ1) is 20.0. The minimum atomic E-state index is -0.216. The molecule has 0 unspecified atom stereocenters. The van der Waals surface area contributed by atoms with Crippen molar-refractivity contribution >= 4 is 6.09 Å². The summed E-state index contributed by atoms with van der Waals surface area (Å²) in [6.07, 6.45) is 6.90. The molecule has 22 heavy (non-hydrogen) atoms. The van der Waals surface area contributed by atoms with Crippen LogP contribution in [-0.2, 0) is 4.74 Å². The smallest absolute Gasteiger partial charge is 0.409 e. The van der Waals surface area contributed by atoms with Gasteiger partial charge in [-0.05, 0) is 32.8 Å². The average Bonchev–Trinajstić information content (AvgIpc) is 2.55. The standard InChI is InChI=1S/C15H25N3O2.CH3F/c1-4-6-7-14(16)12(3)17-13-8-10-18(11-9-13)15(19)20-5-2;1-2/h4,6-7,13,17H,1,5,8-11,16H2,2-3H3;1H3/b7-6-,14-12-;. The van der Waals surface area contributed by atoms with Gasteiger partial charge in [-0.3, -0.25) is 4.39 Å². The number of nitrogens with zero attached hydrogens (tertiary/aromatic N) is 1. The second kappa shape index (κ2) is 11.7. The van der Waals surface area contributed by atoms with Crippen molar-refractivity contribution in [2.24, 2.45) is 5.73 Å². The van der Waals surface area contributed by atoms with Gasteiger partial charge in [0.2, 0.25) is 0 Å². The van der Waals surface area contributed by atoms with Crippen molar-refractivity contribution in [1.82, 2.24) is 10.2 Å². The van der Waals surface area contributed by atoms with E-state index < -0.39 is 0 Å². The lowest BCUT2D eigenvalue weighted by atomic mass is 10.0. The summed E-state index contributed by atoms with van der Waals surface area (Å²) in [6, 6.07) is 0.344. The molecule has 3 N–H and O–H groups in total. The summed E-state index contributed by atoms with van der Waals surface area (Å²) in [7, 11) is 0.500. The highest BCUT2D eigenvalue weighted by molar-refractivity contribution is 5.67. The number of piperidine rings is 1. The quantitative estimate of drug-likeness (QED) is 0.766. The minimum absolute atomic E-state index is 0.216. The van der Waals surface area contributed by atoms with Crippen LogP contribution in [0.15, 0.2) is 36.2 Å². The Morgan fingerprint density at radius 1 is 1.45 bits per heavy atom. The molecule has 0 radical (unpaired) electrons. The predicted molar refractivity (Wildman–Crippen MR) is 88.0 cm³/mol. The zero-order valence-corrected chi connectivity index (χ0v) is 13.8. The maximum Gasteiger partial charge on any atom is 0.409 e. The summed E-state index contributed by atoms with van der Waals surface area (Å²) in [5.74, 6) is 0. The van der Waals surface area contributed by atoms with Crippen molar-refractivity contribution in [2.75, 3.05) is 26.9 Å². The number of nitrogens with two attached hydrogens (primary N) is 1. The molecule has 0 bridgehead atoms. The van der Waals surface area contributed by atoms with Crippen LogP contribution in [0.2, 0.25) is 0 Å². The topological polar surface area (TPSA) is 67.6 Å². The monoisotopic (exact) mass is 313 g/mol. The molecular formula is C16H28FN3O2. The molecule has 0 spiro atoms. The third kappa shape index (κ3) is 7.15. The van der Waals surface area contributed by atoms with E-state index in [-0.39, 0.29) is 6.09 Å². The van der Waals surface area contributed by atoms with Crippen LogP contribution in [0, 0.1) is 0 Å². The van der Waals surface area contributed by atoms with Crippen molar-refractivity contribution in [2.45, 2.75) is 32.7 Å². The second-order valence-corrected chi connectivity index (χ2v) is 4.78. The molecule has 1 amide bonds. The molecule has 0 aromatic heterocycles. The second-order valence-electron chi connectivity index (χ2n) is 4.78. The molecule has 5 nitrogen and oxygen atoms in total. The molecular weight excluding hydrogens is 285 g/mol. The van der Waals surface area contributed by atoms with Gasteiger partial charge in [-0.15, -0.1) is 0 Å². The molecule has 126 valence electrons. The van der Waals surface area contributed by atoms with Gasteiger partial charge in [0.1, 0.15) is 0 Å². The molecule has 0 aromatic carbocycles. The van der Waals surface area contributed by atoms with Gasteiger partial charge < -0.3 is 20.7 Å². The predicted octanol–water partition coefficient (Wildman–Crippen LogP) is 2.72. The largest absolute Gasteiger partial charge is 0.450 e. The molecule has 1 saturated heterocycles. The van der Waals surface area contributed by atoms with Crippen molar-refractivity contribution in [3.63, 3.8) is 0 Å². The van der Waals surface area contributed by atoms with Gasteiger partial charge in [-0.25, -0.2) is 4.79 Å². The van der Waals surface area contributed by atoms with Gasteiger partial charge in [0.25, 0.3) is 0 Å². The fourth-order valence-electron chi connectivity index (χ4n) is 2.11. The number of alkyl halides is 1. The van der Waals surface area contributed by atoms with Crippen molar-refractivity contribution in [3.8, 4) is 0 Å². The molecule has 1 fully saturated rings. The molecule has 0 aromatic rings. The van der Waals surface area contributed by atoms with E-state index in [4.69, 9.17) is 10.5 Å². The molecule has 1 aliphatic heterocycles. The van der Waals surface area contributed by atoms with Gasteiger partial charge >= 0.3 is 6.09 Å². The van der Waals surface area contributed by atoms with Crippen LogP contribution < -0.4 is 11.1 Å². The van der Waals surface area contributed by atoms with Crippen LogP contribution in [0.25, 0.3) is 0 Å². The summed E-state index contributed by atoms with van der Waals surface area (Å²) < 4.78 is 14.5. The third-order valence-corrected chi connectivity index (χ3v) is 3.29. The molecule has 1 heterocycles. The lowest BCUT2D eigenvalue weighted by Crippen LogP contribution is -2.44. The van der Waals surface area contributed by atoms with E-state index in [1.165, 1.54) is 0 Å². The SMILES string of the molecule is C=C/C=C\C(N)=C(/C)NC1CCN(C(=O)OCC)CC1.CF. The number of rotatable bonds is 5. The Morgan fingerprint density at radius 2 is 2.05 bits per heavy atom. The number of hydrogen-bond donors (Lipinski definition) is 2. The number of likely N-dealkylation sites (tertiary alicyclic amines) is 1. The highest BCUT2D eigenvalue weighted by Gasteiger charge is 2.23. The van der Waals surface area contributed by atoms with Crippen LogP contribution in [0.3, 0.4) is 0 Å². The maximum absolute atomic E-state index is 11.6. The Bertz CT molecular complexity index is 400. The van der Waals surface area contributed by atoms with Gasteiger partial charge in [0.15, 0.2) is 0 Å². The number of nitrogens with one attached hydrogen (secondary N) is 1. The maximum atomic E-state index is 11.6. The number of halogens is 1. The molecule has 0 atom stereocenters. The normalized spacial score (nSPS) is 16.5. The number of carbonyl (C=O) groups excluding carboxylic acids is 1. The van der Waals surface area contributed by atoms with Crippen molar-refractivity contribution < 1.29 is 13.9 Å². The number of amides is 1. The van der Waals surface area contributed by atoms with E-state index in [0.29, 0.717) is 38.6 Å². The molecule has 0 aliphatic carbocycles. The van der Waals surface area contributed by atoms with E-state index in [1.54, 1.807) is 11.0 Å². The van der Waals surface area contributed by atoms with Gasteiger partial charge in [0, 0.05) is 24.8 Å². The summed E-state index contributed by atoms with van der Waals surface area (Å²) in [5, 5.41) is 3.41. The number of allylic oxidation sites excluding steroid dienone is 4. The average molecular weight is 313 g/mol. The molecule has 6 heteroatoms. The van der Waals surface area contributed by atoms with Crippen LogP contribution >= 0.6 is 0 Å². The van der Waals surface area contributed by atoms with E-state index >= 15 is 0 Å². The third-order valence-electron chi connectivity index (χ3n) is 3.29. The lowest BCUT2D eigenvalue weighted by Gasteiger charge is -2.32. The fourth-order valence-corrected chi connectivity index (χ4v) is 2.11. The Hall–Kier alpha value is -1.98. The lowest BCUT2D eigenvalue weighted by molar-refractivity contribution is 0.0958. The molecule has 0 saturated carbocycles.